The lowest BCUT2D eigenvalue weighted by Gasteiger charge is -2.44. The van der Waals surface area contributed by atoms with Crippen molar-refractivity contribution >= 4 is 30.6 Å². The third-order valence-corrected chi connectivity index (χ3v) is 8.07. The van der Waals surface area contributed by atoms with Crippen molar-refractivity contribution in [3.8, 4) is 5.75 Å². The number of carbonyl (C=O) groups is 2. The quantitative estimate of drug-likeness (QED) is 0.351. The maximum Gasteiger partial charge on any atom is 0.455 e. The number of fused-ring (bicyclic) bond motifs is 3. The molecule has 3 aliphatic rings. The first-order valence-electron chi connectivity index (χ1n) is 13.0. The molecular weight excluding hydrogens is 467 g/mol. The third-order valence-electron chi connectivity index (χ3n) is 8.07. The van der Waals surface area contributed by atoms with Crippen LogP contribution in [0.4, 0.5) is 0 Å². The molecule has 5 rings (SSSR count). The maximum atomic E-state index is 13.1. The van der Waals surface area contributed by atoms with Crippen LogP contribution in [0.1, 0.15) is 44.4 Å². The molecule has 2 fully saturated rings. The Hall–Kier alpha value is -3.23. The van der Waals surface area contributed by atoms with E-state index in [2.05, 4.69) is 24.9 Å². The topological polar surface area (TPSA) is 100.0 Å². The third kappa shape index (κ3) is 4.88. The highest BCUT2D eigenvalue weighted by molar-refractivity contribution is 6.43. The van der Waals surface area contributed by atoms with Gasteiger partial charge in [-0.3, -0.25) is 19.5 Å². The molecule has 2 saturated heterocycles. The first-order chi connectivity index (χ1) is 17.7. The number of phenols is 1. The summed E-state index contributed by atoms with van der Waals surface area (Å²) in [5.41, 5.74) is 5.09. The smallest absolute Gasteiger partial charge is 0.455 e. The zero-order chi connectivity index (χ0) is 26.3. The van der Waals surface area contributed by atoms with Gasteiger partial charge in [0.15, 0.2) is 0 Å². The minimum atomic E-state index is -0.987. The number of phenolic OH excluding ortho intramolecular Hbond substituents is 1. The number of hydrogen-bond donors (Lipinski definition) is 2. The number of likely N-dealkylation sites (tertiary alicyclic amines) is 1. The summed E-state index contributed by atoms with van der Waals surface area (Å²) >= 11 is 0. The molecule has 1 aromatic heterocycles. The van der Waals surface area contributed by atoms with Crippen molar-refractivity contribution in [3.63, 3.8) is 0 Å². The van der Waals surface area contributed by atoms with E-state index in [1.54, 1.807) is 25.4 Å². The van der Waals surface area contributed by atoms with Crippen LogP contribution in [-0.2, 0) is 14.2 Å². The number of pyridine rings is 1. The molecule has 192 valence electrons. The number of benzene rings is 1. The molecule has 1 aliphatic carbocycles. The highest BCUT2D eigenvalue weighted by Gasteiger charge is 2.56. The van der Waals surface area contributed by atoms with Gasteiger partial charge < -0.3 is 14.8 Å². The minimum absolute atomic E-state index is 0.112. The van der Waals surface area contributed by atoms with Gasteiger partial charge in [-0.1, -0.05) is 37.6 Å². The summed E-state index contributed by atoms with van der Waals surface area (Å²) in [7, 11) is 0.581. The summed E-state index contributed by atoms with van der Waals surface area (Å²) in [6.07, 6.45) is 5.60. The van der Waals surface area contributed by atoms with Crippen LogP contribution in [0, 0.1) is 23.7 Å². The lowest BCUT2D eigenvalue weighted by atomic mass is 9.57. The molecule has 7 nitrogen and oxygen atoms in total. The van der Waals surface area contributed by atoms with Crippen molar-refractivity contribution in [2.75, 3.05) is 7.05 Å². The Morgan fingerprint density at radius 2 is 1.92 bits per heavy atom. The van der Waals surface area contributed by atoms with Crippen LogP contribution in [0.15, 0.2) is 59.8 Å². The van der Waals surface area contributed by atoms with Crippen molar-refractivity contribution < 1.29 is 24.4 Å². The van der Waals surface area contributed by atoms with Crippen molar-refractivity contribution in [2.24, 2.45) is 23.7 Å². The van der Waals surface area contributed by atoms with E-state index in [0.29, 0.717) is 25.6 Å². The zero-order valence-corrected chi connectivity index (χ0v) is 21.5. The Bertz CT molecular complexity index is 1240. The highest BCUT2D eigenvalue weighted by atomic mass is 16.5. The molecule has 0 radical (unpaired) electrons. The number of allylic oxidation sites excluding steroid dienone is 2. The van der Waals surface area contributed by atoms with Gasteiger partial charge in [0.05, 0.1) is 23.6 Å². The van der Waals surface area contributed by atoms with Crippen LogP contribution in [-0.4, -0.2) is 52.1 Å². The fraction of sp³-hybridized carbons (Fsp3) is 0.414. The molecule has 37 heavy (non-hydrogen) atoms. The van der Waals surface area contributed by atoms with E-state index in [0.717, 1.165) is 22.4 Å². The summed E-state index contributed by atoms with van der Waals surface area (Å²) < 4.78 is 6.13. The predicted octanol–water partition coefficient (Wildman–Crippen LogP) is 4.19. The SMILES string of the molecule is CC(C)C1=C2[C@@H](CC/C(=C/c3ccc(O)cc3)c3ccccn3)OB(O)C[C@@H]2[C@@H]2C(=O)N(C)C(=O)[C@@H]2C1. The number of carbonyl (C=O) groups excluding carboxylic acids is 2. The lowest BCUT2D eigenvalue weighted by Crippen LogP contribution is -2.46. The molecule has 8 heteroatoms. The van der Waals surface area contributed by atoms with E-state index in [-0.39, 0.29) is 41.4 Å². The first-order valence-corrected chi connectivity index (χ1v) is 13.0. The molecule has 0 bridgehead atoms. The zero-order valence-electron chi connectivity index (χ0n) is 21.5. The molecule has 2 N–H and O–H groups in total. The minimum Gasteiger partial charge on any atom is -0.508 e. The summed E-state index contributed by atoms with van der Waals surface area (Å²) in [5, 5.41) is 20.4. The second-order valence-electron chi connectivity index (χ2n) is 10.6. The Morgan fingerprint density at radius 3 is 2.59 bits per heavy atom. The van der Waals surface area contributed by atoms with Gasteiger partial charge in [0, 0.05) is 13.2 Å². The molecule has 0 unspecified atom stereocenters. The fourth-order valence-corrected chi connectivity index (χ4v) is 6.29. The van der Waals surface area contributed by atoms with E-state index in [4.69, 9.17) is 4.65 Å². The second kappa shape index (κ2) is 10.3. The molecule has 4 atom stereocenters. The Labute approximate surface area is 218 Å². The molecule has 3 heterocycles. The van der Waals surface area contributed by atoms with Crippen molar-refractivity contribution in [3.05, 3.63) is 71.1 Å². The number of nitrogens with zero attached hydrogens (tertiary/aromatic N) is 2. The van der Waals surface area contributed by atoms with E-state index in [9.17, 15) is 19.7 Å². The van der Waals surface area contributed by atoms with Crippen LogP contribution >= 0.6 is 0 Å². The Morgan fingerprint density at radius 1 is 1.16 bits per heavy atom. The number of amides is 2. The van der Waals surface area contributed by atoms with Crippen LogP contribution in [0.2, 0.25) is 6.32 Å². The van der Waals surface area contributed by atoms with Crippen molar-refractivity contribution in [2.45, 2.75) is 45.5 Å². The van der Waals surface area contributed by atoms with Gasteiger partial charge in [-0.15, -0.1) is 0 Å². The van der Waals surface area contributed by atoms with E-state index < -0.39 is 13.0 Å². The lowest BCUT2D eigenvalue weighted by molar-refractivity contribution is -0.138. The van der Waals surface area contributed by atoms with Gasteiger partial charge in [-0.2, -0.15) is 0 Å². The van der Waals surface area contributed by atoms with Crippen molar-refractivity contribution in [1.82, 2.24) is 9.88 Å². The Balaban J connectivity index is 1.48. The van der Waals surface area contributed by atoms with E-state index in [1.165, 1.54) is 10.5 Å². The van der Waals surface area contributed by atoms with Gasteiger partial charge in [0.1, 0.15) is 5.75 Å². The first kappa shape index (κ1) is 25.4. The summed E-state index contributed by atoms with van der Waals surface area (Å²) in [4.78, 5) is 31.8. The van der Waals surface area contributed by atoms with E-state index in [1.807, 2.05) is 30.3 Å². The largest absolute Gasteiger partial charge is 0.508 e. The predicted molar refractivity (Wildman–Crippen MR) is 142 cm³/mol. The second-order valence-corrected chi connectivity index (χ2v) is 10.6. The molecule has 0 spiro atoms. The van der Waals surface area contributed by atoms with Crippen LogP contribution in [0.3, 0.4) is 0 Å². The van der Waals surface area contributed by atoms with Crippen LogP contribution < -0.4 is 0 Å². The van der Waals surface area contributed by atoms with Crippen molar-refractivity contribution in [1.29, 1.82) is 0 Å². The molecule has 2 aliphatic heterocycles. The maximum absolute atomic E-state index is 13.1. The Kier molecular flexibility index (Phi) is 7.05. The number of rotatable bonds is 6. The van der Waals surface area contributed by atoms with Gasteiger partial charge >= 0.3 is 7.12 Å². The number of aromatic hydroxyl groups is 1. The van der Waals surface area contributed by atoms with Gasteiger partial charge in [0.25, 0.3) is 0 Å². The summed E-state index contributed by atoms with van der Waals surface area (Å²) in [6, 6.07) is 12.8. The molecule has 2 amide bonds. The summed E-state index contributed by atoms with van der Waals surface area (Å²) in [5.74, 6) is -0.830. The molecule has 2 aromatic rings. The molecular formula is C29H33BN2O5. The standard InChI is InChI=1S/C29H33BN2O5/c1-17(2)21-15-22-27(29(35)32(3)28(22)34)23-16-30(36)37-25(26(21)23)12-9-19(24-6-4-5-13-31-24)14-18-7-10-20(33)11-8-18/h4-8,10-11,13-14,17,22-23,25,27,33,36H,9,12,15-16H2,1-3H3/b19-14-/t22-,23+,25-,27-/m1/s1. The van der Waals surface area contributed by atoms with E-state index >= 15 is 0 Å². The number of hydrogen-bond acceptors (Lipinski definition) is 6. The normalized spacial score (nSPS) is 26.1. The fourth-order valence-electron chi connectivity index (χ4n) is 6.29. The highest BCUT2D eigenvalue weighted by Crippen LogP contribution is 2.51. The molecule has 1 aromatic carbocycles. The molecule has 0 saturated carbocycles. The average Bonchev–Trinajstić information content (AvgIpc) is 3.11. The average molecular weight is 500 g/mol. The van der Waals surface area contributed by atoms with Crippen LogP contribution in [0.25, 0.3) is 11.6 Å². The number of imide groups is 1. The van der Waals surface area contributed by atoms with Gasteiger partial charge in [0.2, 0.25) is 11.8 Å². The monoisotopic (exact) mass is 500 g/mol. The van der Waals surface area contributed by atoms with Gasteiger partial charge in [-0.25, -0.2) is 0 Å². The summed E-state index contributed by atoms with van der Waals surface area (Å²) in [6.45, 7) is 4.24. The number of aromatic nitrogens is 1. The van der Waals surface area contributed by atoms with Crippen LogP contribution in [0.5, 0.6) is 5.75 Å². The van der Waals surface area contributed by atoms with Gasteiger partial charge in [-0.05, 0) is 84.5 Å².